The third kappa shape index (κ3) is 1.90. The molecule has 3 atom stereocenters. The molecule has 1 aliphatic carbocycles. The van der Waals surface area contributed by atoms with Crippen molar-refractivity contribution >= 4 is 0 Å². The fourth-order valence-corrected chi connectivity index (χ4v) is 2.72. The Hall–Kier alpha value is -0.550. The standard InChI is InChI=1S/C13H23NO/c1-5-11-6-7-13(8-11,9-14)12(4,15)10(2)3/h10-11,15H,5-8H2,1-4H3. The van der Waals surface area contributed by atoms with E-state index in [1.54, 1.807) is 0 Å². The van der Waals surface area contributed by atoms with Crippen molar-refractivity contribution in [3.63, 3.8) is 0 Å². The Morgan fingerprint density at radius 2 is 2.20 bits per heavy atom. The van der Waals surface area contributed by atoms with Gasteiger partial charge >= 0.3 is 0 Å². The highest BCUT2D eigenvalue weighted by Gasteiger charge is 2.53. The normalized spacial score (nSPS) is 35.1. The summed E-state index contributed by atoms with van der Waals surface area (Å²) in [5, 5.41) is 19.9. The summed E-state index contributed by atoms with van der Waals surface area (Å²) in [5.74, 6) is 0.752. The monoisotopic (exact) mass is 209 g/mol. The minimum Gasteiger partial charge on any atom is -0.388 e. The van der Waals surface area contributed by atoms with Gasteiger partial charge in [-0.25, -0.2) is 0 Å². The van der Waals surface area contributed by atoms with Crippen molar-refractivity contribution in [2.24, 2.45) is 17.3 Å². The van der Waals surface area contributed by atoms with Crippen LogP contribution in [-0.2, 0) is 0 Å². The molecule has 0 aromatic carbocycles. The second kappa shape index (κ2) is 4.14. The third-order valence-corrected chi connectivity index (χ3v) is 4.50. The van der Waals surface area contributed by atoms with Gasteiger partial charge in [0.25, 0.3) is 0 Å². The van der Waals surface area contributed by atoms with E-state index in [9.17, 15) is 10.4 Å². The number of hydrogen-bond acceptors (Lipinski definition) is 2. The van der Waals surface area contributed by atoms with Crippen molar-refractivity contribution < 1.29 is 5.11 Å². The van der Waals surface area contributed by atoms with E-state index >= 15 is 0 Å². The minimum atomic E-state index is -0.855. The summed E-state index contributed by atoms with van der Waals surface area (Å²) in [5.41, 5.74) is -1.37. The van der Waals surface area contributed by atoms with E-state index in [-0.39, 0.29) is 5.92 Å². The van der Waals surface area contributed by atoms with Gasteiger partial charge in [-0.2, -0.15) is 5.26 Å². The Kier molecular flexibility index (Phi) is 3.45. The molecule has 3 unspecified atom stereocenters. The molecule has 0 spiro atoms. The van der Waals surface area contributed by atoms with Gasteiger partial charge in [0.15, 0.2) is 0 Å². The van der Waals surface area contributed by atoms with Crippen LogP contribution in [0.2, 0.25) is 0 Å². The number of aliphatic hydroxyl groups is 1. The molecule has 1 rings (SSSR count). The van der Waals surface area contributed by atoms with Crippen LogP contribution < -0.4 is 0 Å². The molecule has 0 aromatic heterocycles. The topological polar surface area (TPSA) is 44.0 Å². The Labute approximate surface area is 93.3 Å². The summed E-state index contributed by atoms with van der Waals surface area (Å²) in [4.78, 5) is 0. The van der Waals surface area contributed by atoms with Crippen LogP contribution in [0, 0.1) is 28.6 Å². The second-order valence-corrected chi connectivity index (χ2v) is 5.51. The Morgan fingerprint density at radius 1 is 1.60 bits per heavy atom. The zero-order valence-corrected chi connectivity index (χ0v) is 10.4. The summed E-state index contributed by atoms with van der Waals surface area (Å²) in [6.45, 7) is 8.00. The van der Waals surface area contributed by atoms with Crippen LogP contribution in [0.1, 0.15) is 53.4 Å². The number of hydrogen-bond donors (Lipinski definition) is 1. The molecule has 0 saturated heterocycles. The lowest BCUT2D eigenvalue weighted by atomic mass is 9.66. The first-order valence-electron chi connectivity index (χ1n) is 6.03. The highest BCUT2D eigenvalue weighted by Crippen LogP contribution is 2.51. The van der Waals surface area contributed by atoms with Gasteiger partial charge in [0.2, 0.25) is 0 Å². The van der Waals surface area contributed by atoms with E-state index < -0.39 is 11.0 Å². The van der Waals surface area contributed by atoms with Crippen molar-refractivity contribution in [1.29, 1.82) is 5.26 Å². The number of nitrogens with zero attached hydrogens (tertiary/aromatic N) is 1. The van der Waals surface area contributed by atoms with E-state index in [1.165, 1.54) is 0 Å². The summed E-state index contributed by atoms with van der Waals surface area (Å²) < 4.78 is 0. The molecule has 2 nitrogen and oxygen atoms in total. The molecule has 0 aromatic rings. The highest BCUT2D eigenvalue weighted by atomic mass is 16.3. The second-order valence-electron chi connectivity index (χ2n) is 5.51. The Balaban J connectivity index is 2.94. The summed E-state index contributed by atoms with van der Waals surface area (Å²) >= 11 is 0. The van der Waals surface area contributed by atoms with E-state index in [2.05, 4.69) is 13.0 Å². The van der Waals surface area contributed by atoms with Gasteiger partial charge in [0.05, 0.1) is 17.1 Å². The SMILES string of the molecule is CCC1CCC(C#N)(C(C)(O)C(C)C)C1. The highest BCUT2D eigenvalue weighted by molar-refractivity contribution is 5.14. The fraction of sp³-hybridized carbons (Fsp3) is 0.923. The molecule has 2 heteroatoms. The molecule has 86 valence electrons. The third-order valence-electron chi connectivity index (χ3n) is 4.50. The molecule has 0 bridgehead atoms. The van der Waals surface area contributed by atoms with Crippen molar-refractivity contribution in [3.8, 4) is 6.07 Å². The first-order valence-corrected chi connectivity index (χ1v) is 6.03. The van der Waals surface area contributed by atoms with Crippen molar-refractivity contribution in [2.45, 2.75) is 59.0 Å². The molecule has 0 aliphatic heterocycles. The summed E-state index contributed by atoms with van der Waals surface area (Å²) in [7, 11) is 0. The van der Waals surface area contributed by atoms with Gasteiger partial charge < -0.3 is 5.11 Å². The van der Waals surface area contributed by atoms with Gasteiger partial charge in [-0.1, -0.05) is 27.2 Å². The molecular weight excluding hydrogens is 186 g/mol. The molecule has 0 radical (unpaired) electrons. The first kappa shape index (κ1) is 12.5. The molecule has 1 saturated carbocycles. The van der Waals surface area contributed by atoms with Gasteiger partial charge in [-0.05, 0) is 38.0 Å². The van der Waals surface area contributed by atoms with E-state index in [1.807, 2.05) is 20.8 Å². The van der Waals surface area contributed by atoms with E-state index in [0.29, 0.717) is 5.92 Å². The minimum absolute atomic E-state index is 0.132. The van der Waals surface area contributed by atoms with E-state index in [0.717, 1.165) is 25.7 Å². The average molecular weight is 209 g/mol. The predicted octanol–water partition coefficient (Wildman–Crippen LogP) is 3.11. The van der Waals surface area contributed by atoms with Crippen molar-refractivity contribution in [2.75, 3.05) is 0 Å². The first-order chi connectivity index (χ1) is 6.89. The maximum absolute atomic E-state index is 10.5. The summed E-state index contributed by atoms with van der Waals surface area (Å²) in [6, 6.07) is 2.41. The van der Waals surface area contributed by atoms with Crippen LogP contribution in [0.5, 0.6) is 0 Å². The molecule has 1 fully saturated rings. The molecular formula is C13H23NO. The van der Waals surface area contributed by atoms with E-state index in [4.69, 9.17) is 0 Å². The van der Waals surface area contributed by atoms with Gasteiger partial charge in [-0.15, -0.1) is 0 Å². The number of nitriles is 1. The summed E-state index contributed by atoms with van der Waals surface area (Å²) in [6.07, 6.45) is 3.93. The number of rotatable bonds is 3. The lowest BCUT2D eigenvalue weighted by molar-refractivity contribution is -0.0754. The maximum Gasteiger partial charge on any atom is 0.0862 e. The lowest BCUT2D eigenvalue weighted by Crippen LogP contribution is -2.47. The predicted molar refractivity (Wildman–Crippen MR) is 61.1 cm³/mol. The van der Waals surface area contributed by atoms with Crippen LogP contribution in [-0.4, -0.2) is 10.7 Å². The van der Waals surface area contributed by atoms with Crippen molar-refractivity contribution in [3.05, 3.63) is 0 Å². The zero-order valence-electron chi connectivity index (χ0n) is 10.4. The van der Waals surface area contributed by atoms with Gasteiger partial charge in [0.1, 0.15) is 0 Å². The maximum atomic E-state index is 10.5. The lowest BCUT2D eigenvalue weighted by Gasteiger charge is -2.41. The van der Waals surface area contributed by atoms with Crippen LogP contribution in [0.15, 0.2) is 0 Å². The van der Waals surface area contributed by atoms with Crippen molar-refractivity contribution in [1.82, 2.24) is 0 Å². The van der Waals surface area contributed by atoms with Crippen LogP contribution in [0.4, 0.5) is 0 Å². The zero-order chi connectivity index (χ0) is 11.7. The molecule has 0 heterocycles. The molecule has 1 aliphatic rings. The average Bonchev–Trinajstić information content (AvgIpc) is 2.62. The van der Waals surface area contributed by atoms with Crippen LogP contribution in [0.25, 0.3) is 0 Å². The van der Waals surface area contributed by atoms with Gasteiger partial charge in [-0.3, -0.25) is 0 Å². The molecule has 0 amide bonds. The smallest absolute Gasteiger partial charge is 0.0862 e. The fourth-order valence-electron chi connectivity index (χ4n) is 2.72. The van der Waals surface area contributed by atoms with Gasteiger partial charge in [0, 0.05) is 0 Å². The van der Waals surface area contributed by atoms with Crippen LogP contribution >= 0.6 is 0 Å². The largest absolute Gasteiger partial charge is 0.388 e. The molecule has 1 N–H and O–H groups in total. The Bertz CT molecular complexity index is 264. The molecule has 15 heavy (non-hydrogen) atoms. The van der Waals surface area contributed by atoms with Crippen LogP contribution in [0.3, 0.4) is 0 Å². The quantitative estimate of drug-likeness (QED) is 0.776. The Morgan fingerprint density at radius 3 is 2.53 bits per heavy atom.